The van der Waals surface area contributed by atoms with Crippen molar-refractivity contribution in [3.05, 3.63) is 90.4 Å². The topological polar surface area (TPSA) is 95.9 Å². The molecule has 5 aromatic rings. The minimum absolute atomic E-state index is 0.0248. The molecule has 0 atom stereocenters. The summed E-state index contributed by atoms with van der Waals surface area (Å²) in [4.78, 5) is 26.1. The number of hydrogen-bond acceptors (Lipinski definition) is 5. The molecule has 6 rings (SSSR count). The summed E-state index contributed by atoms with van der Waals surface area (Å²) in [5.74, 6) is -0.0192. The Labute approximate surface area is 231 Å². The molecule has 8 heteroatoms. The molecule has 1 aliphatic heterocycles. The second-order valence-electron chi connectivity index (χ2n) is 10.5. The number of hydrogen-bond donors (Lipinski definition) is 2. The fourth-order valence-electron chi connectivity index (χ4n) is 5.21. The summed E-state index contributed by atoms with van der Waals surface area (Å²) in [6, 6.07) is 14.6. The molecule has 0 saturated carbocycles. The van der Waals surface area contributed by atoms with E-state index in [0.29, 0.717) is 12.1 Å². The molecule has 0 radical (unpaired) electrons. The van der Waals surface area contributed by atoms with Crippen LogP contribution in [-0.4, -0.2) is 31.8 Å². The zero-order valence-corrected chi connectivity index (χ0v) is 22.4. The van der Waals surface area contributed by atoms with Crippen molar-refractivity contribution in [1.29, 1.82) is 0 Å². The highest BCUT2D eigenvalue weighted by Gasteiger charge is 2.20. The molecular weight excluding hydrogens is 503 g/mol. The Bertz CT molecular complexity index is 1760. The van der Waals surface area contributed by atoms with Gasteiger partial charge < -0.3 is 5.32 Å². The molecule has 0 aliphatic carbocycles. The predicted octanol–water partition coefficient (Wildman–Crippen LogP) is 7.27. The number of pyridine rings is 2. The number of anilines is 1. The maximum absolute atomic E-state index is 14.0. The molecular formula is C32H29FN6O. The van der Waals surface area contributed by atoms with Gasteiger partial charge in [0.05, 0.1) is 35.0 Å². The fraction of sp³-hybridized carbons (Fsp3) is 0.219. The van der Waals surface area contributed by atoms with Crippen LogP contribution in [0.5, 0.6) is 0 Å². The van der Waals surface area contributed by atoms with Gasteiger partial charge in [-0.3, -0.25) is 19.9 Å². The number of nitrogens with zero attached hydrogens (tertiary/aromatic N) is 4. The van der Waals surface area contributed by atoms with Gasteiger partial charge in [-0.1, -0.05) is 32.0 Å². The van der Waals surface area contributed by atoms with Crippen molar-refractivity contribution in [3.63, 3.8) is 0 Å². The number of carbonyl (C=O) groups is 1. The normalized spacial score (nSPS) is 13.2. The van der Waals surface area contributed by atoms with Crippen LogP contribution in [0.15, 0.2) is 78.3 Å². The average molecular weight is 533 g/mol. The number of H-pyrrole nitrogens is 1. The summed E-state index contributed by atoms with van der Waals surface area (Å²) >= 11 is 0. The Kier molecular flexibility index (Phi) is 6.90. The highest BCUT2D eigenvalue weighted by Crippen LogP contribution is 2.35. The first kappa shape index (κ1) is 25.6. The number of nitrogens with one attached hydrogen (secondary N) is 2. The Morgan fingerprint density at radius 2 is 1.85 bits per heavy atom. The van der Waals surface area contributed by atoms with Gasteiger partial charge >= 0.3 is 0 Å². The van der Waals surface area contributed by atoms with E-state index in [4.69, 9.17) is 4.99 Å². The minimum Gasteiger partial charge on any atom is -0.325 e. The van der Waals surface area contributed by atoms with Crippen LogP contribution in [0.4, 0.5) is 15.8 Å². The van der Waals surface area contributed by atoms with Gasteiger partial charge in [-0.15, -0.1) is 0 Å². The van der Waals surface area contributed by atoms with Crippen LogP contribution in [0.25, 0.3) is 33.2 Å². The lowest BCUT2D eigenvalue weighted by molar-refractivity contribution is -0.116. The third kappa shape index (κ3) is 5.25. The van der Waals surface area contributed by atoms with Gasteiger partial charge in [0.25, 0.3) is 0 Å². The monoisotopic (exact) mass is 532 g/mol. The molecule has 2 aromatic carbocycles. The Morgan fingerprint density at radius 3 is 2.70 bits per heavy atom. The standard InChI is InChI=1S/C32H29FN6O/c1-19(2)11-31(40)36-24-13-22(15-34-16-24)20-9-10-28-26(14-20)32(39-38-28)29-8-4-7-25-27(17-35-18-30(25)37-29)21-5-3-6-23(33)12-21/h3,5-6,9-10,12-19H,4,7-8,11H2,1-2H3,(H,36,40)(H,38,39). The number of amides is 1. The van der Waals surface area contributed by atoms with Crippen LogP contribution in [0.3, 0.4) is 0 Å². The Hall–Kier alpha value is -4.72. The van der Waals surface area contributed by atoms with Gasteiger partial charge in [0.1, 0.15) is 11.5 Å². The quantitative estimate of drug-likeness (QED) is 0.240. The van der Waals surface area contributed by atoms with Gasteiger partial charge in [-0.25, -0.2) is 9.38 Å². The lowest BCUT2D eigenvalue weighted by atomic mass is 9.97. The van der Waals surface area contributed by atoms with Crippen LogP contribution in [0.2, 0.25) is 0 Å². The van der Waals surface area contributed by atoms with E-state index in [1.165, 1.54) is 12.1 Å². The molecule has 1 aliphatic rings. The van der Waals surface area contributed by atoms with E-state index in [-0.39, 0.29) is 17.6 Å². The molecule has 1 amide bonds. The summed E-state index contributed by atoms with van der Waals surface area (Å²) < 4.78 is 14.0. The number of rotatable bonds is 6. The summed E-state index contributed by atoms with van der Waals surface area (Å²) in [5, 5.41) is 11.7. The third-order valence-corrected chi connectivity index (χ3v) is 7.05. The first-order valence-corrected chi connectivity index (χ1v) is 13.5. The Morgan fingerprint density at radius 1 is 0.975 bits per heavy atom. The number of benzene rings is 2. The van der Waals surface area contributed by atoms with Gasteiger partial charge in [0.15, 0.2) is 0 Å². The maximum atomic E-state index is 14.0. The van der Waals surface area contributed by atoms with Gasteiger partial charge in [-0.2, -0.15) is 5.10 Å². The average Bonchev–Trinajstić information content (AvgIpc) is 3.23. The number of aliphatic imine (C=N–C) groups is 1. The molecule has 0 saturated heterocycles. The van der Waals surface area contributed by atoms with Crippen molar-refractivity contribution < 1.29 is 9.18 Å². The zero-order chi connectivity index (χ0) is 27.6. The van der Waals surface area contributed by atoms with E-state index in [0.717, 1.165) is 75.1 Å². The lowest BCUT2D eigenvalue weighted by Gasteiger charge is -2.10. The third-order valence-electron chi connectivity index (χ3n) is 7.05. The first-order chi connectivity index (χ1) is 19.4. The molecule has 40 heavy (non-hydrogen) atoms. The van der Waals surface area contributed by atoms with Crippen molar-refractivity contribution in [2.24, 2.45) is 10.9 Å². The van der Waals surface area contributed by atoms with E-state index in [2.05, 4.69) is 31.5 Å². The summed E-state index contributed by atoms with van der Waals surface area (Å²) in [7, 11) is 0. The van der Waals surface area contributed by atoms with Crippen molar-refractivity contribution in [2.45, 2.75) is 39.5 Å². The number of halogens is 1. The molecule has 3 aromatic heterocycles. The van der Waals surface area contributed by atoms with Crippen LogP contribution >= 0.6 is 0 Å². The predicted molar refractivity (Wildman–Crippen MR) is 156 cm³/mol. The number of aromatic nitrogens is 4. The van der Waals surface area contributed by atoms with Crippen LogP contribution in [0, 0.1) is 11.7 Å². The molecule has 0 fully saturated rings. The smallest absolute Gasteiger partial charge is 0.224 e. The second kappa shape index (κ2) is 10.8. The lowest BCUT2D eigenvalue weighted by Crippen LogP contribution is -2.13. The zero-order valence-electron chi connectivity index (χ0n) is 22.4. The molecule has 4 heterocycles. The van der Waals surface area contributed by atoms with Crippen molar-refractivity contribution >= 4 is 33.9 Å². The van der Waals surface area contributed by atoms with E-state index in [1.807, 2.05) is 38.1 Å². The van der Waals surface area contributed by atoms with E-state index in [1.54, 1.807) is 30.9 Å². The molecule has 200 valence electrons. The van der Waals surface area contributed by atoms with Crippen molar-refractivity contribution in [3.8, 4) is 22.3 Å². The van der Waals surface area contributed by atoms with Crippen molar-refractivity contribution in [2.75, 3.05) is 5.32 Å². The number of carbonyl (C=O) groups excluding carboxylic acids is 1. The van der Waals surface area contributed by atoms with Gasteiger partial charge in [0.2, 0.25) is 5.91 Å². The Balaban J connectivity index is 1.35. The SMILES string of the molecule is CC(C)CC(=O)Nc1cncc(-c2ccc3[nH]nc(C4=Nc5cncc(-c6cccc(F)c6)c5CCC4)c3c2)c1. The number of aromatic amines is 1. The highest BCUT2D eigenvalue weighted by molar-refractivity contribution is 6.10. The molecule has 0 spiro atoms. The fourth-order valence-corrected chi connectivity index (χ4v) is 5.21. The van der Waals surface area contributed by atoms with Crippen LogP contribution < -0.4 is 5.32 Å². The summed E-state index contributed by atoms with van der Waals surface area (Å²) in [6.45, 7) is 4.03. The molecule has 0 unspecified atom stereocenters. The largest absolute Gasteiger partial charge is 0.325 e. The maximum Gasteiger partial charge on any atom is 0.224 e. The summed E-state index contributed by atoms with van der Waals surface area (Å²) in [5.41, 5.74) is 8.69. The molecule has 0 bridgehead atoms. The van der Waals surface area contributed by atoms with E-state index in [9.17, 15) is 9.18 Å². The second-order valence-corrected chi connectivity index (χ2v) is 10.5. The molecule has 2 N–H and O–H groups in total. The van der Waals surface area contributed by atoms with Crippen LogP contribution in [-0.2, 0) is 11.2 Å². The number of fused-ring (bicyclic) bond motifs is 2. The van der Waals surface area contributed by atoms with Gasteiger partial charge in [-0.05, 0) is 72.2 Å². The first-order valence-electron chi connectivity index (χ1n) is 13.5. The minimum atomic E-state index is -0.273. The van der Waals surface area contributed by atoms with E-state index < -0.39 is 0 Å². The van der Waals surface area contributed by atoms with Crippen molar-refractivity contribution in [1.82, 2.24) is 20.2 Å². The summed E-state index contributed by atoms with van der Waals surface area (Å²) in [6.07, 6.45) is 9.91. The van der Waals surface area contributed by atoms with Crippen LogP contribution in [0.1, 0.15) is 44.4 Å². The van der Waals surface area contributed by atoms with E-state index >= 15 is 0 Å². The molecule has 7 nitrogen and oxygen atoms in total. The van der Waals surface area contributed by atoms with Gasteiger partial charge in [0, 0.05) is 35.3 Å². The highest BCUT2D eigenvalue weighted by atomic mass is 19.1.